The van der Waals surface area contributed by atoms with Crippen LogP contribution in [0.5, 0.6) is 17.2 Å². The summed E-state index contributed by atoms with van der Waals surface area (Å²) < 4.78 is 0. The average molecular weight is 304 g/mol. The second kappa shape index (κ2) is 7.15. The van der Waals surface area contributed by atoms with Gasteiger partial charge in [0, 0.05) is 12.5 Å². The highest BCUT2D eigenvalue weighted by atomic mass is 16.3. The molecular formula is C17H22NO4+. The standard InChI is InChI=1S/C17H21NO4/c1-11(6-12-2-4-14(19)5-3-12)18-10-17(22)13-7-15(20)9-16(21)8-13/h2-5,7-9,11,17-22H,6,10H2,1H3/p+1/t11-,17+/m1/s1. The summed E-state index contributed by atoms with van der Waals surface area (Å²) in [5.41, 5.74) is 1.61. The zero-order valence-electron chi connectivity index (χ0n) is 12.5. The lowest BCUT2D eigenvalue weighted by atomic mass is 10.1. The van der Waals surface area contributed by atoms with E-state index in [1.165, 1.54) is 18.2 Å². The molecule has 0 fully saturated rings. The summed E-state index contributed by atoms with van der Waals surface area (Å²) >= 11 is 0. The van der Waals surface area contributed by atoms with Crippen LogP contribution in [-0.4, -0.2) is 33.0 Å². The number of rotatable bonds is 6. The molecule has 118 valence electrons. The molecule has 0 unspecified atom stereocenters. The third-order valence-electron chi connectivity index (χ3n) is 3.57. The molecule has 0 saturated carbocycles. The largest absolute Gasteiger partial charge is 0.508 e. The van der Waals surface area contributed by atoms with E-state index < -0.39 is 6.10 Å². The molecule has 0 spiro atoms. The van der Waals surface area contributed by atoms with Gasteiger partial charge < -0.3 is 25.7 Å². The number of benzene rings is 2. The lowest BCUT2D eigenvalue weighted by molar-refractivity contribution is -0.692. The fraction of sp³-hybridized carbons (Fsp3) is 0.294. The van der Waals surface area contributed by atoms with E-state index in [2.05, 4.69) is 6.92 Å². The molecule has 0 heterocycles. The molecule has 2 atom stereocenters. The van der Waals surface area contributed by atoms with Crippen LogP contribution >= 0.6 is 0 Å². The van der Waals surface area contributed by atoms with Gasteiger partial charge in [0.1, 0.15) is 29.9 Å². The quantitative estimate of drug-likeness (QED) is 0.550. The van der Waals surface area contributed by atoms with Crippen LogP contribution in [0, 0.1) is 0 Å². The van der Waals surface area contributed by atoms with Gasteiger partial charge in [-0.05, 0) is 42.3 Å². The Balaban J connectivity index is 1.87. The Morgan fingerprint density at radius 2 is 1.50 bits per heavy atom. The van der Waals surface area contributed by atoms with E-state index in [9.17, 15) is 20.4 Å². The summed E-state index contributed by atoms with van der Waals surface area (Å²) in [5.74, 6) is 0.122. The number of phenols is 3. The average Bonchev–Trinajstić information content (AvgIpc) is 2.46. The molecule has 0 aliphatic heterocycles. The van der Waals surface area contributed by atoms with Gasteiger partial charge >= 0.3 is 0 Å². The molecule has 5 nitrogen and oxygen atoms in total. The van der Waals surface area contributed by atoms with Crippen molar-refractivity contribution in [1.29, 1.82) is 0 Å². The predicted molar refractivity (Wildman–Crippen MR) is 82.8 cm³/mol. The van der Waals surface area contributed by atoms with E-state index in [1.807, 2.05) is 17.4 Å². The third-order valence-corrected chi connectivity index (χ3v) is 3.57. The molecule has 0 aromatic heterocycles. The summed E-state index contributed by atoms with van der Waals surface area (Å²) in [5, 5.41) is 40.3. The van der Waals surface area contributed by atoms with Crippen molar-refractivity contribution in [3.8, 4) is 17.2 Å². The van der Waals surface area contributed by atoms with E-state index in [-0.39, 0.29) is 23.3 Å². The second-order valence-corrected chi connectivity index (χ2v) is 5.62. The van der Waals surface area contributed by atoms with Crippen molar-refractivity contribution in [2.45, 2.75) is 25.5 Å². The molecule has 0 aliphatic rings. The van der Waals surface area contributed by atoms with Gasteiger partial charge in [-0.3, -0.25) is 0 Å². The first-order valence-electron chi connectivity index (χ1n) is 7.26. The van der Waals surface area contributed by atoms with Gasteiger partial charge in [-0.2, -0.15) is 0 Å². The van der Waals surface area contributed by atoms with Gasteiger partial charge in [0.05, 0.1) is 6.04 Å². The number of hydrogen-bond donors (Lipinski definition) is 5. The molecule has 0 radical (unpaired) electrons. The third kappa shape index (κ3) is 4.65. The van der Waals surface area contributed by atoms with Crippen molar-refractivity contribution in [1.82, 2.24) is 0 Å². The Morgan fingerprint density at radius 3 is 2.09 bits per heavy atom. The Morgan fingerprint density at radius 1 is 0.909 bits per heavy atom. The first-order valence-corrected chi connectivity index (χ1v) is 7.26. The van der Waals surface area contributed by atoms with Gasteiger partial charge in [-0.1, -0.05) is 12.1 Å². The van der Waals surface area contributed by atoms with Gasteiger partial charge in [0.15, 0.2) is 0 Å². The van der Waals surface area contributed by atoms with E-state index in [0.29, 0.717) is 12.1 Å². The van der Waals surface area contributed by atoms with Gasteiger partial charge in [0.25, 0.3) is 0 Å². The lowest BCUT2D eigenvalue weighted by Crippen LogP contribution is -2.90. The van der Waals surface area contributed by atoms with Crippen molar-refractivity contribution in [3.05, 3.63) is 53.6 Å². The van der Waals surface area contributed by atoms with Crippen LogP contribution in [0.15, 0.2) is 42.5 Å². The summed E-state index contributed by atoms with van der Waals surface area (Å²) in [6.07, 6.45) is 0.0541. The SMILES string of the molecule is C[C@H](Cc1ccc(O)cc1)[NH2+]C[C@H](O)c1cc(O)cc(O)c1. The van der Waals surface area contributed by atoms with E-state index in [4.69, 9.17) is 0 Å². The molecule has 5 heteroatoms. The van der Waals surface area contributed by atoms with Gasteiger partial charge in [0.2, 0.25) is 0 Å². The van der Waals surface area contributed by atoms with E-state index in [0.717, 1.165) is 12.0 Å². The maximum atomic E-state index is 10.1. The van der Waals surface area contributed by atoms with Crippen molar-refractivity contribution < 1.29 is 25.7 Å². The molecular weight excluding hydrogens is 282 g/mol. The molecule has 2 rings (SSSR count). The molecule has 0 aliphatic carbocycles. The first kappa shape index (κ1) is 16.1. The maximum absolute atomic E-state index is 10.1. The lowest BCUT2D eigenvalue weighted by Gasteiger charge is -2.15. The molecule has 2 aromatic carbocycles. The number of phenolic OH excluding ortho intramolecular Hbond substituents is 3. The van der Waals surface area contributed by atoms with Crippen LogP contribution in [0.1, 0.15) is 24.2 Å². The topological polar surface area (TPSA) is 97.5 Å². The number of aromatic hydroxyl groups is 3. The maximum Gasteiger partial charge on any atom is 0.128 e. The van der Waals surface area contributed by atoms with Crippen molar-refractivity contribution in [2.75, 3.05) is 6.54 Å². The highest BCUT2D eigenvalue weighted by Gasteiger charge is 2.14. The Kier molecular flexibility index (Phi) is 5.25. The highest BCUT2D eigenvalue weighted by molar-refractivity contribution is 5.37. The summed E-state index contributed by atoms with van der Waals surface area (Å²) in [6.45, 7) is 2.49. The molecule has 6 N–H and O–H groups in total. The van der Waals surface area contributed by atoms with Crippen LogP contribution in [0.4, 0.5) is 0 Å². The second-order valence-electron chi connectivity index (χ2n) is 5.62. The summed E-state index contributed by atoms with van der Waals surface area (Å²) in [7, 11) is 0. The minimum Gasteiger partial charge on any atom is -0.508 e. The number of hydrogen-bond acceptors (Lipinski definition) is 4. The number of quaternary nitrogens is 1. The van der Waals surface area contributed by atoms with Crippen LogP contribution < -0.4 is 5.32 Å². The Bertz CT molecular complexity index is 592. The van der Waals surface area contributed by atoms with Crippen LogP contribution in [0.25, 0.3) is 0 Å². The monoisotopic (exact) mass is 304 g/mol. The zero-order valence-corrected chi connectivity index (χ0v) is 12.5. The summed E-state index contributed by atoms with van der Waals surface area (Å²) in [6, 6.07) is 11.5. The van der Waals surface area contributed by atoms with E-state index in [1.54, 1.807) is 12.1 Å². The van der Waals surface area contributed by atoms with Crippen molar-refractivity contribution in [2.24, 2.45) is 0 Å². The fourth-order valence-corrected chi connectivity index (χ4v) is 2.39. The Hall–Kier alpha value is -2.24. The summed E-state index contributed by atoms with van der Waals surface area (Å²) in [4.78, 5) is 0. The first-order chi connectivity index (χ1) is 10.4. The Labute approximate surface area is 129 Å². The normalized spacial score (nSPS) is 13.7. The molecule has 2 aromatic rings. The van der Waals surface area contributed by atoms with Crippen molar-refractivity contribution in [3.63, 3.8) is 0 Å². The number of nitrogens with two attached hydrogens (primary N) is 1. The number of aliphatic hydroxyl groups excluding tert-OH is 1. The minimum absolute atomic E-state index is 0.0637. The smallest absolute Gasteiger partial charge is 0.128 e. The molecule has 22 heavy (non-hydrogen) atoms. The molecule has 0 saturated heterocycles. The molecule has 0 amide bonds. The van der Waals surface area contributed by atoms with Crippen LogP contribution in [0.3, 0.4) is 0 Å². The number of aliphatic hydroxyl groups is 1. The van der Waals surface area contributed by atoms with Gasteiger partial charge in [-0.25, -0.2) is 0 Å². The molecule has 0 bridgehead atoms. The van der Waals surface area contributed by atoms with Crippen LogP contribution in [0.2, 0.25) is 0 Å². The van der Waals surface area contributed by atoms with Gasteiger partial charge in [-0.15, -0.1) is 0 Å². The van der Waals surface area contributed by atoms with Crippen LogP contribution in [-0.2, 0) is 6.42 Å². The zero-order chi connectivity index (χ0) is 16.1. The highest BCUT2D eigenvalue weighted by Crippen LogP contribution is 2.24. The fourth-order valence-electron chi connectivity index (χ4n) is 2.39. The van der Waals surface area contributed by atoms with E-state index >= 15 is 0 Å². The predicted octanol–water partition coefficient (Wildman–Crippen LogP) is 1.03. The van der Waals surface area contributed by atoms with Crippen molar-refractivity contribution >= 4 is 0 Å². The minimum atomic E-state index is -0.764.